The Labute approximate surface area is 171 Å². The number of ether oxygens (including phenoxy) is 2. The van der Waals surface area contributed by atoms with Crippen molar-refractivity contribution >= 4 is 21.6 Å². The molecule has 0 unspecified atom stereocenters. The van der Waals surface area contributed by atoms with Gasteiger partial charge in [-0.3, -0.25) is 9.69 Å². The summed E-state index contributed by atoms with van der Waals surface area (Å²) in [5.74, 6) is 1.19. The lowest BCUT2D eigenvalue weighted by atomic mass is 10.1. The molecule has 29 heavy (non-hydrogen) atoms. The molecule has 0 bridgehead atoms. The van der Waals surface area contributed by atoms with Crippen LogP contribution < -0.4 is 14.8 Å². The monoisotopic (exact) mass is 419 g/mol. The smallest absolute Gasteiger partial charge is 0.242 e. The molecule has 0 radical (unpaired) electrons. The number of carbonyl (C=O) groups is 1. The fraction of sp³-hybridized carbons (Fsp3) is 0.350. The second-order valence-corrected chi connectivity index (χ2v) is 9.24. The number of rotatable bonds is 7. The largest absolute Gasteiger partial charge is 0.454 e. The third kappa shape index (κ3) is 4.69. The molecule has 2 aromatic rings. The van der Waals surface area contributed by atoms with Crippen molar-refractivity contribution in [1.29, 1.82) is 0 Å². The van der Waals surface area contributed by atoms with Crippen molar-refractivity contribution in [1.82, 2.24) is 9.21 Å². The van der Waals surface area contributed by atoms with Crippen LogP contribution >= 0.6 is 0 Å². The lowest BCUT2D eigenvalue weighted by molar-refractivity contribution is -0.120. The van der Waals surface area contributed by atoms with Gasteiger partial charge in [-0.05, 0) is 49.9 Å². The van der Waals surface area contributed by atoms with Gasteiger partial charge >= 0.3 is 0 Å². The van der Waals surface area contributed by atoms with Crippen molar-refractivity contribution in [2.24, 2.45) is 0 Å². The number of nitrogens with zero attached hydrogens (tertiary/aromatic N) is 2. The molecule has 0 spiro atoms. The molecule has 1 amide bonds. The van der Waals surface area contributed by atoms with Crippen molar-refractivity contribution in [2.75, 3.05) is 33.3 Å². The first-order valence-electron chi connectivity index (χ1n) is 9.10. The third-order valence-corrected chi connectivity index (χ3v) is 6.60. The standard InChI is InChI=1S/C20H25N3O5S/c1-14(23(4)12-15-8-9-18-19(10-15)28-13-27-18)20(24)21-16-6-5-7-17(11-16)29(25,26)22(2)3/h5-11,14H,12-13H2,1-4H3,(H,21,24)/t14-/m1/s1. The average Bonchev–Trinajstić information content (AvgIpc) is 3.15. The number of hydrogen-bond donors (Lipinski definition) is 1. The highest BCUT2D eigenvalue weighted by Crippen LogP contribution is 2.32. The summed E-state index contributed by atoms with van der Waals surface area (Å²) in [6, 6.07) is 11.5. The van der Waals surface area contributed by atoms with E-state index in [0.29, 0.717) is 18.0 Å². The van der Waals surface area contributed by atoms with E-state index in [0.717, 1.165) is 15.6 Å². The molecule has 1 N–H and O–H groups in total. The Morgan fingerprint density at radius 2 is 1.83 bits per heavy atom. The Hall–Kier alpha value is -2.62. The maximum absolute atomic E-state index is 12.7. The number of likely N-dealkylation sites (N-methyl/N-ethyl adjacent to an activating group) is 1. The van der Waals surface area contributed by atoms with E-state index in [2.05, 4.69) is 5.32 Å². The highest BCUT2D eigenvalue weighted by Gasteiger charge is 2.21. The fourth-order valence-electron chi connectivity index (χ4n) is 2.86. The van der Waals surface area contributed by atoms with E-state index in [1.165, 1.54) is 26.2 Å². The van der Waals surface area contributed by atoms with Crippen LogP contribution in [0.25, 0.3) is 0 Å². The maximum Gasteiger partial charge on any atom is 0.242 e. The van der Waals surface area contributed by atoms with Gasteiger partial charge in [0, 0.05) is 26.3 Å². The van der Waals surface area contributed by atoms with Crippen LogP contribution in [-0.2, 0) is 21.4 Å². The van der Waals surface area contributed by atoms with E-state index < -0.39 is 16.1 Å². The van der Waals surface area contributed by atoms with Gasteiger partial charge in [0.2, 0.25) is 22.7 Å². The molecule has 9 heteroatoms. The predicted octanol–water partition coefficient (Wildman–Crippen LogP) is 2.12. The summed E-state index contributed by atoms with van der Waals surface area (Å²) in [4.78, 5) is 14.7. The van der Waals surface area contributed by atoms with Gasteiger partial charge in [0.15, 0.2) is 11.5 Å². The quantitative estimate of drug-likeness (QED) is 0.740. The van der Waals surface area contributed by atoms with Crippen molar-refractivity contribution < 1.29 is 22.7 Å². The first kappa shape index (κ1) is 21.1. The Morgan fingerprint density at radius 1 is 1.10 bits per heavy atom. The number of fused-ring (bicyclic) bond motifs is 1. The molecule has 1 heterocycles. The van der Waals surface area contributed by atoms with E-state index in [-0.39, 0.29) is 17.6 Å². The normalized spacial score (nSPS) is 14.3. The number of nitrogens with one attached hydrogen (secondary N) is 1. The predicted molar refractivity (Wildman–Crippen MR) is 109 cm³/mol. The van der Waals surface area contributed by atoms with E-state index in [9.17, 15) is 13.2 Å². The molecule has 3 rings (SSSR count). The van der Waals surface area contributed by atoms with Crippen LogP contribution in [0.1, 0.15) is 12.5 Å². The molecular weight excluding hydrogens is 394 g/mol. The summed E-state index contributed by atoms with van der Waals surface area (Å²) >= 11 is 0. The van der Waals surface area contributed by atoms with E-state index in [4.69, 9.17) is 9.47 Å². The summed E-state index contributed by atoms with van der Waals surface area (Å²) in [7, 11) is 1.21. The molecule has 1 atom stereocenters. The molecule has 0 aromatic heterocycles. The minimum Gasteiger partial charge on any atom is -0.454 e. The zero-order chi connectivity index (χ0) is 21.2. The van der Waals surface area contributed by atoms with Gasteiger partial charge in [0.1, 0.15) is 0 Å². The molecule has 1 aliphatic heterocycles. The van der Waals surface area contributed by atoms with Crippen LogP contribution in [0.4, 0.5) is 5.69 Å². The average molecular weight is 420 g/mol. The van der Waals surface area contributed by atoms with E-state index >= 15 is 0 Å². The minimum atomic E-state index is -3.57. The fourth-order valence-corrected chi connectivity index (χ4v) is 3.80. The van der Waals surface area contributed by atoms with Gasteiger partial charge in [0.05, 0.1) is 10.9 Å². The minimum absolute atomic E-state index is 0.127. The highest BCUT2D eigenvalue weighted by molar-refractivity contribution is 7.89. The Kier molecular flexibility index (Phi) is 6.11. The SMILES string of the molecule is C[C@H](C(=O)Nc1cccc(S(=O)(=O)N(C)C)c1)N(C)Cc1ccc2c(c1)OCO2. The van der Waals surface area contributed by atoms with Gasteiger partial charge < -0.3 is 14.8 Å². The molecule has 0 fully saturated rings. The Bertz CT molecular complexity index is 1010. The second kappa shape index (κ2) is 8.40. The topological polar surface area (TPSA) is 88.2 Å². The van der Waals surface area contributed by atoms with Gasteiger partial charge in [-0.1, -0.05) is 12.1 Å². The van der Waals surface area contributed by atoms with Crippen LogP contribution in [-0.4, -0.2) is 57.5 Å². The molecule has 8 nitrogen and oxygen atoms in total. The third-order valence-electron chi connectivity index (χ3n) is 4.79. The van der Waals surface area contributed by atoms with Crippen molar-refractivity contribution in [3.8, 4) is 11.5 Å². The molecular formula is C20H25N3O5S. The summed E-state index contributed by atoms with van der Waals surface area (Å²) in [6.45, 7) is 2.55. The van der Waals surface area contributed by atoms with Crippen LogP contribution in [0.15, 0.2) is 47.4 Å². The van der Waals surface area contributed by atoms with Gasteiger partial charge in [0.25, 0.3) is 0 Å². The summed E-state index contributed by atoms with van der Waals surface area (Å²) < 4.78 is 36.4. The zero-order valence-corrected chi connectivity index (χ0v) is 17.7. The molecule has 1 aliphatic rings. The van der Waals surface area contributed by atoms with Gasteiger partial charge in [-0.2, -0.15) is 0 Å². The first-order valence-corrected chi connectivity index (χ1v) is 10.5. The second-order valence-electron chi connectivity index (χ2n) is 7.08. The molecule has 0 aliphatic carbocycles. The van der Waals surface area contributed by atoms with Crippen LogP contribution in [0, 0.1) is 0 Å². The van der Waals surface area contributed by atoms with Crippen molar-refractivity contribution in [3.05, 3.63) is 48.0 Å². The number of benzene rings is 2. The number of carbonyl (C=O) groups excluding carboxylic acids is 1. The summed E-state index contributed by atoms with van der Waals surface area (Å²) in [5.41, 5.74) is 1.43. The Balaban J connectivity index is 1.66. The molecule has 156 valence electrons. The molecule has 0 saturated heterocycles. The summed E-state index contributed by atoms with van der Waals surface area (Å²) in [5, 5.41) is 2.79. The maximum atomic E-state index is 12.7. The van der Waals surface area contributed by atoms with Crippen LogP contribution in [0.5, 0.6) is 11.5 Å². The Morgan fingerprint density at radius 3 is 2.55 bits per heavy atom. The highest BCUT2D eigenvalue weighted by atomic mass is 32.2. The number of sulfonamides is 1. The van der Waals surface area contributed by atoms with Crippen LogP contribution in [0.3, 0.4) is 0 Å². The first-order chi connectivity index (χ1) is 13.7. The van der Waals surface area contributed by atoms with Crippen molar-refractivity contribution in [2.45, 2.75) is 24.4 Å². The molecule has 2 aromatic carbocycles. The zero-order valence-electron chi connectivity index (χ0n) is 16.9. The van der Waals surface area contributed by atoms with Crippen molar-refractivity contribution in [3.63, 3.8) is 0 Å². The van der Waals surface area contributed by atoms with Crippen LogP contribution in [0.2, 0.25) is 0 Å². The lowest BCUT2D eigenvalue weighted by Gasteiger charge is -2.24. The summed E-state index contributed by atoms with van der Waals surface area (Å²) in [6.07, 6.45) is 0. The number of anilines is 1. The number of amides is 1. The van der Waals surface area contributed by atoms with E-state index in [1.54, 1.807) is 19.1 Å². The van der Waals surface area contributed by atoms with E-state index in [1.807, 2.05) is 30.1 Å². The van der Waals surface area contributed by atoms with Gasteiger partial charge in [-0.15, -0.1) is 0 Å². The number of hydrogen-bond acceptors (Lipinski definition) is 6. The van der Waals surface area contributed by atoms with Gasteiger partial charge in [-0.25, -0.2) is 12.7 Å². The molecule has 0 saturated carbocycles. The lowest BCUT2D eigenvalue weighted by Crippen LogP contribution is -2.39.